The molecule has 0 amide bonds. The molecule has 3 nitrogen and oxygen atoms in total. The number of benzene rings is 1. The van der Waals surface area contributed by atoms with Crippen LogP contribution in [0.3, 0.4) is 0 Å². The van der Waals surface area contributed by atoms with Crippen LogP contribution in [0.1, 0.15) is 84.4 Å². The Bertz CT molecular complexity index is 950. The van der Waals surface area contributed by atoms with E-state index in [1.54, 1.807) is 19.9 Å². The van der Waals surface area contributed by atoms with Crippen molar-refractivity contribution >= 4 is 11.5 Å². The molecule has 0 heterocycles. The van der Waals surface area contributed by atoms with Crippen LogP contribution in [0.25, 0.3) is 5.57 Å². The molecular formula is C26H34F2O3. The van der Waals surface area contributed by atoms with Crippen molar-refractivity contribution in [3.63, 3.8) is 0 Å². The Balaban J connectivity index is 2.54. The first-order chi connectivity index (χ1) is 14.4. The summed E-state index contributed by atoms with van der Waals surface area (Å²) in [5.41, 5.74) is 2.81. The van der Waals surface area contributed by atoms with E-state index in [0.717, 1.165) is 30.0 Å². The molecule has 5 heteroatoms. The maximum Gasteiger partial charge on any atom is 0.367 e. The first-order valence-electron chi connectivity index (χ1n) is 10.8. The predicted octanol–water partition coefficient (Wildman–Crippen LogP) is 7.19. The first kappa shape index (κ1) is 24.8. The Kier molecular flexibility index (Phi) is 7.51. The fourth-order valence-corrected chi connectivity index (χ4v) is 4.06. The van der Waals surface area contributed by atoms with Gasteiger partial charge < -0.3 is 9.84 Å². The fourth-order valence-electron chi connectivity index (χ4n) is 4.06. The summed E-state index contributed by atoms with van der Waals surface area (Å²) >= 11 is 0. The molecule has 1 N–H and O–H groups in total. The standard InChI is InChI=1S/C26H34F2O3/c1-8-17(21(27)11-10-16(3)23(28)24(30)31-9-2)18-14-19-20(15-22(18)29)26(6,7)13-12-25(19,4)5/h10-11,14-15,29H,8-9,12-13H2,1-7H3. The van der Waals surface area contributed by atoms with Gasteiger partial charge in [-0.15, -0.1) is 0 Å². The lowest BCUT2D eigenvalue weighted by molar-refractivity contribution is -0.140. The Morgan fingerprint density at radius 3 is 2.13 bits per heavy atom. The summed E-state index contributed by atoms with van der Waals surface area (Å²) in [6.45, 7) is 13.5. The minimum atomic E-state index is -1.07. The zero-order chi connectivity index (χ0) is 23.6. The molecule has 170 valence electrons. The number of rotatable bonds is 6. The number of fused-ring (bicyclic) bond motifs is 1. The third-order valence-electron chi connectivity index (χ3n) is 6.22. The molecule has 1 aliphatic rings. The lowest BCUT2D eigenvalue weighted by Crippen LogP contribution is -2.33. The quantitative estimate of drug-likeness (QED) is 0.294. The number of halogens is 2. The number of allylic oxidation sites excluding steroid dienone is 5. The second-order valence-electron chi connectivity index (χ2n) is 9.41. The van der Waals surface area contributed by atoms with Crippen LogP contribution in [0.2, 0.25) is 0 Å². The topological polar surface area (TPSA) is 46.5 Å². The van der Waals surface area contributed by atoms with E-state index in [-0.39, 0.29) is 28.8 Å². The molecule has 0 unspecified atom stereocenters. The number of carbonyl (C=O) groups is 1. The van der Waals surface area contributed by atoms with E-state index in [9.17, 15) is 14.3 Å². The molecule has 0 bridgehead atoms. The van der Waals surface area contributed by atoms with Crippen molar-refractivity contribution in [1.82, 2.24) is 0 Å². The van der Waals surface area contributed by atoms with Gasteiger partial charge in [-0.05, 0) is 84.4 Å². The monoisotopic (exact) mass is 432 g/mol. The summed E-state index contributed by atoms with van der Waals surface area (Å²) in [6, 6.07) is 3.67. The lowest BCUT2D eigenvalue weighted by Gasteiger charge is -2.42. The lowest BCUT2D eigenvalue weighted by atomic mass is 9.62. The van der Waals surface area contributed by atoms with E-state index >= 15 is 4.39 Å². The van der Waals surface area contributed by atoms with Gasteiger partial charge >= 0.3 is 5.97 Å². The number of esters is 1. The smallest absolute Gasteiger partial charge is 0.367 e. The second kappa shape index (κ2) is 9.37. The third-order valence-corrected chi connectivity index (χ3v) is 6.22. The summed E-state index contributed by atoms with van der Waals surface area (Å²) in [6.07, 6.45) is 4.69. The Morgan fingerprint density at radius 2 is 1.61 bits per heavy atom. The van der Waals surface area contributed by atoms with Gasteiger partial charge in [0.15, 0.2) is 0 Å². The molecule has 0 aliphatic heterocycles. The van der Waals surface area contributed by atoms with Crippen LogP contribution in [-0.2, 0) is 20.4 Å². The largest absolute Gasteiger partial charge is 0.507 e. The summed E-state index contributed by atoms with van der Waals surface area (Å²) < 4.78 is 33.8. The average molecular weight is 433 g/mol. The predicted molar refractivity (Wildman–Crippen MR) is 121 cm³/mol. The van der Waals surface area contributed by atoms with Gasteiger partial charge in [0.2, 0.25) is 5.83 Å². The van der Waals surface area contributed by atoms with E-state index in [1.807, 2.05) is 6.07 Å². The van der Waals surface area contributed by atoms with Crippen molar-refractivity contribution in [2.24, 2.45) is 0 Å². The molecule has 1 aromatic carbocycles. The zero-order valence-corrected chi connectivity index (χ0v) is 19.7. The Morgan fingerprint density at radius 1 is 1.06 bits per heavy atom. The van der Waals surface area contributed by atoms with Crippen molar-refractivity contribution in [2.45, 2.75) is 78.6 Å². The van der Waals surface area contributed by atoms with Crippen LogP contribution in [0, 0.1) is 0 Å². The molecule has 0 radical (unpaired) electrons. The number of phenols is 1. The highest BCUT2D eigenvalue weighted by atomic mass is 19.1. The minimum absolute atomic E-state index is 0.0263. The second-order valence-corrected chi connectivity index (χ2v) is 9.41. The van der Waals surface area contributed by atoms with E-state index in [1.165, 1.54) is 13.0 Å². The van der Waals surface area contributed by atoms with Crippen molar-refractivity contribution in [3.8, 4) is 5.75 Å². The molecule has 0 spiro atoms. The SMILES string of the molecule is CCOC(=O)C(F)=C(C)C=CC(F)=C(CC)c1cc2c(cc1O)C(C)(C)CCC2(C)C. The number of hydrogen-bond acceptors (Lipinski definition) is 3. The number of phenolic OH excluding ortho intramolecular Hbond substituents is 1. The van der Waals surface area contributed by atoms with Crippen LogP contribution < -0.4 is 0 Å². The maximum absolute atomic E-state index is 15.1. The molecule has 0 atom stereocenters. The molecule has 2 rings (SSSR count). The molecular weight excluding hydrogens is 398 g/mol. The van der Waals surface area contributed by atoms with Gasteiger partial charge in [-0.2, -0.15) is 4.39 Å². The van der Waals surface area contributed by atoms with Crippen molar-refractivity contribution < 1.29 is 23.4 Å². The molecule has 1 aromatic rings. The molecule has 0 fully saturated rings. The van der Waals surface area contributed by atoms with Gasteiger partial charge in [-0.3, -0.25) is 0 Å². The van der Waals surface area contributed by atoms with Crippen LogP contribution in [-0.4, -0.2) is 17.7 Å². The van der Waals surface area contributed by atoms with Crippen molar-refractivity contribution in [1.29, 1.82) is 0 Å². The molecule has 0 saturated carbocycles. The van der Waals surface area contributed by atoms with E-state index in [0.29, 0.717) is 17.6 Å². The van der Waals surface area contributed by atoms with Crippen LogP contribution in [0.5, 0.6) is 5.75 Å². The normalized spacial score (nSPS) is 18.9. The number of hydrogen-bond donors (Lipinski definition) is 1. The van der Waals surface area contributed by atoms with E-state index in [4.69, 9.17) is 0 Å². The van der Waals surface area contributed by atoms with E-state index < -0.39 is 17.6 Å². The summed E-state index contributed by atoms with van der Waals surface area (Å²) in [5.74, 6) is -2.66. The number of ether oxygens (including phenoxy) is 1. The molecule has 0 aromatic heterocycles. The van der Waals surface area contributed by atoms with Gasteiger partial charge in [0.1, 0.15) is 11.6 Å². The van der Waals surface area contributed by atoms with Crippen LogP contribution in [0.4, 0.5) is 8.78 Å². The highest BCUT2D eigenvalue weighted by molar-refractivity contribution is 5.87. The van der Waals surface area contributed by atoms with Gasteiger partial charge in [-0.25, -0.2) is 9.18 Å². The Labute approximate surface area is 184 Å². The molecule has 1 aliphatic carbocycles. The average Bonchev–Trinajstić information content (AvgIpc) is 2.70. The summed E-state index contributed by atoms with van der Waals surface area (Å²) in [5, 5.41) is 10.8. The van der Waals surface area contributed by atoms with Gasteiger partial charge in [0, 0.05) is 5.56 Å². The number of carbonyl (C=O) groups excluding carboxylic acids is 1. The van der Waals surface area contributed by atoms with Crippen LogP contribution >= 0.6 is 0 Å². The maximum atomic E-state index is 15.1. The van der Waals surface area contributed by atoms with Gasteiger partial charge in [-0.1, -0.05) is 40.7 Å². The van der Waals surface area contributed by atoms with Crippen LogP contribution in [0.15, 0.2) is 41.5 Å². The first-order valence-corrected chi connectivity index (χ1v) is 10.8. The van der Waals surface area contributed by atoms with Gasteiger partial charge in [0.25, 0.3) is 0 Å². The summed E-state index contributed by atoms with van der Waals surface area (Å²) in [7, 11) is 0. The highest BCUT2D eigenvalue weighted by Crippen LogP contribution is 2.48. The Hall–Kier alpha value is -2.43. The number of aromatic hydroxyl groups is 1. The fraction of sp³-hybridized carbons (Fsp3) is 0.500. The van der Waals surface area contributed by atoms with Crippen molar-refractivity contribution in [3.05, 3.63) is 58.2 Å². The van der Waals surface area contributed by atoms with Crippen molar-refractivity contribution in [2.75, 3.05) is 6.61 Å². The minimum Gasteiger partial charge on any atom is -0.507 e. The highest BCUT2D eigenvalue weighted by Gasteiger charge is 2.38. The zero-order valence-electron chi connectivity index (χ0n) is 19.7. The molecule has 31 heavy (non-hydrogen) atoms. The van der Waals surface area contributed by atoms with Gasteiger partial charge in [0.05, 0.1) is 6.61 Å². The third kappa shape index (κ3) is 5.25. The van der Waals surface area contributed by atoms with E-state index in [2.05, 4.69) is 32.4 Å². The molecule has 0 saturated heterocycles. The summed E-state index contributed by atoms with van der Waals surface area (Å²) in [4.78, 5) is 11.5.